The second-order valence-corrected chi connectivity index (χ2v) is 5.46. The summed E-state index contributed by atoms with van der Waals surface area (Å²) in [5.74, 6) is -0.410. The highest BCUT2D eigenvalue weighted by Gasteiger charge is 2.07. The highest BCUT2D eigenvalue weighted by molar-refractivity contribution is 6.33. The van der Waals surface area contributed by atoms with E-state index < -0.39 is 5.91 Å². The molecule has 1 aromatic heterocycles. The number of nitrogens with zero attached hydrogens (tertiary/aromatic N) is 3. The van der Waals surface area contributed by atoms with Gasteiger partial charge >= 0.3 is 0 Å². The molecule has 0 bridgehead atoms. The van der Waals surface area contributed by atoms with Gasteiger partial charge in [-0.05, 0) is 29.8 Å². The number of pyridine rings is 1. The van der Waals surface area contributed by atoms with Crippen LogP contribution in [0.2, 0.25) is 10.3 Å². The summed E-state index contributed by atoms with van der Waals surface area (Å²) in [4.78, 5) is 17.7. The summed E-state index contributed by atoms with van der Waals surface area (Å²) in [6, 6.07) is 10.6. The number of anilines is 1. The van der Waals surface area contributed by atoms with E-state index in [4.69, 9.17) is 23.2 Å². The van der Waals surface area contributed by atoms with Gasteiger partial charge in [0.2, 0.25) is 0 Å². The maximum Gasteiger partial charge on any atom is 0.271 e. The lowest BCUT2D eigenvalue weighted by atomic mass is 10.2. The van der Waals surface area contributed by atoms with Crippen molar-refractivity contribution in [2.75, 3.05) is 19.0 Å². The van der Waals surface area contributed by atoms with Crippen molar-refractivity contribution in [1.82, 2.24) is 10.4 Å². The zero-order chi connectivity index (χ0) is 16.1. The van der Waals surface area contributed by atoms with Crippen molar-refractivity contribution < 1.29 is 4.79 Å². The highest BCUT2D eigenvalue weighted by Crippen LogP contribution is 2.14. The summed E-state index contributed by atoms with van der Waals surface area (Å²) in [6.45, 7) is 0. The number of halogens is 2. The molecule has 0 aliphatic rings. The Kier molecular flexibility index (Phi) is 5.35. The van der Waals surface area contributed by atoms with Gasteiger partial charge < -0.3 is 4.90 Å². The average Bonchev–Trinajstić information content (AvgIpc) is 2.46. The molecule has 5 nitrogen and oxygen atoms in total. The minimum Gasteiger partial charge on any atom is -0.378 e. The lowest BCUT2D eigenvalue weighted by Gasteiger charge is -2.11. The van der Waals surface area contributed by atoms with Gasteiger partial charge in [0.1, 0.15) is 10.3 Å². The number of nitrogens with one attached hydrogen (secondary N) is 1. The number of benzene rings is 1. The van der Waals surface area contributed by atoms with Crippen LogP contribution in [-0.2, 0) is 0 Å². The third kappa shape index (κ3) is 4.44. The first-order valence-corrected chi connectivity index (χ1v) is 7.15. The van der Waals surface area contributed by atoms with E-state index in [0.717, 1.165) is 11.3 Å². The van der Waals surface area contributed by atoms with Gasteiger partial charge in [-0.2, -0.15) is 5.10 Å². The van der Waals surface area contributed by atoms with E-state index in [0.29, 0.717) is 5.56 Å². The number of aromatic nitrogens is 1. The number of rotatable bonds is 4. The van der Waals surface area contributed by atoms with Crippen molar-refractivity contribution in [1.29, 1.82) is 0 Å². The Bertz CT molecular complexity index is 679. The Labute approximate surface area is 138 Å². The van der Waals surface area contributed by atoms with Crippen LogP contribution in [0.1, 0.15) is 15.9 Å². The molecular formula is C15H14Cl2N4O. The Hall–Kier alpha value is -2.11. The maximum atomic E-state index is 11.9. The molecule has 1 N–H and O–H groups in total. The predicted molar refractivity (Wildman–Crippen MR) is 90.1 cm³/mol. The summed E-state index contributed by atoms with van der Waals surface area (Å²) in [7, 11) is 3.93. The number of amides is 1. The van der Waals surface area contributed by atoms with E-state index in [1.165, 1.54) is 12.1 Å². The molecule has 0 aliphatic heterocycles. The van der Waals surface area contributed by atoms with Gasteiger partial charge in [-0.15, -0.1) is 0 Å². The molecular weight excluding hydrogens is 323 g/mol. The monoisotopic (exact) mass is 336 g/mol. The Morgan fingerprint density at radius 2 is 1.77 bits per heavy atom. The number of hydrogen-bond donors (Lipinski definition) is 1. The molecule has 0 unspecified atom stereocenters. The lowest BCUT2D eigenvalue weighted by Crippen LogP contribution is -2.17. The number of hydrazone groups is 1. The van der Waals surface area contributed by atoms with Gasteiger partial charge in [0.15, 0.2) is 0 Å². The molecule has 1 heterocycles. The summed E-state index contributed by atoms with van der Waals surface area (Å²) in [5, 5.41) is 4.21. The number of hydrogen-bond acceptors (Lipinski definition) is 4. The zero-order valence-corrected chi connectivity index (χ0v) is 13.6. The predicted octanol–water partition coefficient (Wildman–Crippen LogP) is 3.22. The van der Waals surface area contributed by atoms with Crippen molar-refractivity contribution in [3.8, 4) is 0 Å². The molecule has 2 aromatic rings. The number of carbonyl (C=O) groups is 1. The summed E-state index contributed by atoms with van der Waals surface area (Å²) in [6.07, 6.45) is 1.56. The van der Waals surface area contributed by atoms with Crippen LogP contribution in [0, 0.1) is 0 Å². The third-order valence-corrected chi connectivity index (χ3v) is 3.20. The summed E-state index contributed by atoms with van der Waals surface area (Å²) in [5.41, 5.74) is 4.67. The lowest BCUT2D eigenvalue weighted by molar-refractivity contribution is 0.0955. The van der Waals surface area contributed by atoms with Crippen molar-refractivity contribution in [3.05, 3.63) is 57.8 Å². The van der Waals surface area contributed by atoms with E-state index >= 15 is 0 Å². The van der Waals surface area contributed by atoms with E-state index in [-0.39, 0.29) is 10.3 Å². The fourth-order valence-corrected chi connectivity index (χ4v) is 2.14. The molecule has 114 valence electrons. The van der Waals surface area contributed by atoms with Gasteiger partial charge in [-0.1, -0.05) is 35.3 Å². The molecule has 0 aliphatic carbocycles. The van der Waals surface area contributed by atoms with E-state index in [2.05, 4.69) is 15.5 Å². The Morgan fingerprint density at radius 1 is 1.18 bits per heavy atom. The molecule has 1 amide bonds. The van der Waals surface area contributed by atoms with E-state index in [1.807, 2.05) is 43.3 Å². The van der Waals surface area contributed by atoms with Crippen molar-refractivity contribution in [3.63, 3.8) is 0 Å². The molecule has 0 saturated heterocycles. The van der Waals surface area contributed by atoms with Crippen LogP contribution in [-0.4, -0.2) is 31.2 Å². The smallest absolute Gasteiger partial charge is 0.271 e. The van der Waals surface area contributed by atoms with Crippen LogP contribution in [0.25, 0.3) is 0 Å². The van der Waals surface area contributed by atoms with Crippen molar-refractivity contribution in [2.45, 2.75) is 0 Å². The molecule has 0 saturated carbocycles. The second-order valence-electron chi connectivity index (χ2n) is 4.69. The van der Waals surface area contributed by atoms with Gasteiger partial charge in [0.05, 0.1) is 6.21 Å². The minimum absolute atomic E-state index is 0.154. The molecule has 0 atom stereocenters. The van der Waals surface area contributed by atoms with Crippen LogP contribution < -0.4 is 10.3 Å². The third-order valence-electron chi connectivity index (χ3n) is 2.81. The van der Waals surface area contributed by atoms with Crippen LogP contribution in [0.15, 0.2) is 41.5 Å². The molecule has 0 fully saturated rings. The normalized spacial score (nSPS) is 10.7. The fourth-order valence-electron chi connectivity index (χ4n) is 1.68. The standard InChI is InChI=1S/C15H14Cl2N4O/c1-21(2)12-5-3-10(4-6-12)9-18-20-15(22)11-7-13(16)19-14(17)8-11/h3-9H,1-2H3,(H,20,22)/b18-9+. The van der Waals surface area contributed by atoms with Gasteiger partial charge in [-0.25, -0.2) is 10.4 Å². The maximum absolute atomic E-state index is 11.9. The number of carbonyl (C=O) groups excluding carboxylic acids is 1. The molecule has 7 heteroatoms. The van der Waals surface area contributed by atoms with Crippen LogP contribution in [0.5, 0.6) is 0 Å². The molecule has 1 aromatic carbocycles. The van der Waals surface area contributed by atoms with E-state index in [9.17, 15) is 4.79 Å². The first kappa shape index (κ1) is 16.3. The van der Waals surface area contributed by atoms with Gasteiger partial charge in [0, 0.05) is 25.3 Å². The topological polar surface area (TPSA) is 57.6 Å². The first-order valence-electron chi connectivity index (χ1n) is 6.39. The Morgan fingerprint density at radius 3 is 2.32 bits per heavy atom. The van der Waals surface area contributed by atoms with Crippen LogP contribution in [0.3, 0.4) is 0 Å². The van der Waals surface area contributed by atoms with E-state index in [1.54, 1.807) is 6.21 Å². The molecule has 22 heavy (non-hydrogen) atoms. The first-order chi connectivity index (χ1) is 10.5. The summed E-state index contributed by atoms with van der Waals surface area (Å²) >= 11 is 11.5. The zero-order valence-electron chi connectivity index (χ0n) is 12.0. The van der Waals surface area contributed by atoms with Gasteiger partial charge in [-0.3, -0.25) is 4.79 Å². The van der Waals surface area contributed by atoms with Crippen molar-refractivity contribution in [2.24, 2.45) is 5.10 Å². The summed E-state index contributed by atoms with van der Waals surface area (Å²) < 4.78 is 0. The quantitative estimate of drug-likeness (QED) is 0.529. The van der Waals surface area contributed by atoms with Crippen LogP contribution in [0.4, 0.5) is 5.69 Å². The molecule has 2 rings (SSSR count). The fraction of sp³-hybridized carbons (Fsp3) is 0.133. The van der Waals surface area contributed by atoms with Crippen LogP contribution >= 0.6 is 23.2 Å². The Balaban J connectivity index is 2.00. The second kappa shape index (κ2) is 7.24. The van der Waals surface area contributed by atoms with Crippen molar-refractivity contribution >= 4 is 41.0 Å². The van der Waals surface area contributed by atoms with Gasteiger partial charge in [0.25, 0.3) is 5.91 Å². The SMILES string of the molecule is CN(C)c1ccc(/C=N/NC(=O)c2cc(Cl)nc(Cl)c2)cc1. The largest absolute Gasteiger partial charge is 0.378 e. The molecule has 0 spiro atoms. The average molecular weight is 337 g/mol. The molecule has 0 radical (unpaired) electrons. The highest BCUT2D eigenvalue weighted by atomic mass is 35.5. The minimum atomic E-state index is -0.410.